The van der Waals surface area contributed by atoms with Crippen molar-refractivity contribution in [2.24, 2.45) is 0 Å². The van der Waals surface area contributed by atoms with Crippen molar-refractivity contribution >= 4 is 38.1 Å². The van der Waals surface area contributed by atoms with Crippen molar-refractivity contribution in [1.82, 2.24) is 4.31 Å². The van der Waals surface area contributed by atoms with Crippen molar-refractivity contribution < 1.29 is 27.4 Å². The highest BCUT2D eigenvalue weighted by atomic mass is 32.2. The molecular formula is C22H22FN4O5S+. The summed E-state index contributed by atoms with van der Waals surface area (Å²) in [5.41, 5.74) is -0.585. The molecule has 3 aromatic carbocycles. The first-order valence-electron chi connectivity index (χ1n) is 10.3. The molecule has 1 fully saturated rings. The van der Waals surface area contributed by atoms with Gasteiger partial charge in [0, 0.05) is 12.1 Å². The lowest BCUT2D eigenvalue weighted by molar-refractivity contribution is -0.895. The van der Waals surface area contributed by atoms with Crippen LogP contribution in [-0.4, -0.2) is 56.3 Å². The van der Waals surface area contributed by atoms with Crippen LogP contribution in [0.1, 0.15) is 0 Å². The fourth-order valence-electron chi connectivity index (χ4n) is 3.84. The molecule has 1 heterocycles. The van der Waals surface area contributed by atoms with Gasteiger partial charge in [-0.25, -0.2) is 12.8 Å². The van der Waals surface area contributed by atoms with E-state index in [0.717, 1.165) is 33.9 Å². The number of halogens is 1. The Kier molecular flexibility index (Phi) is 6.36. The maximum atomic E-state index is 13.9. The summed E-state index contributed by atoms with van der Waals surface area (Å²) in [5, 5.41) is 15.0. The van der Waals surface area contributed by atoms with Crippen LogP contribution in [0, 0.1) is 15.9 Å². The number of sulfonamides is 1. The molecule has 0 unspecified atom stereocenters. The second-order valence-electron chi connectivity index (χ2n) is 7.81. The molecule has 4 rings (SSSR count). The first kappa shape index (κ1) is 22.8. The molecule has 3 aromatic rings. The first-order valence-corrected chi connectivity index (χ1v) is 11.7. The van der Waals surface area contributed by atoms with Gasteiger partial charge in [-0.2, -0.15) is 4.31 Å². The summed E-state index contributed by atoms with van der Waals surface area (Å²) in [5.74, 6) is -1.27. The molecule has 0 aromatic heterocycles. The Morgan fingerprint density at radius 1 is 1.06 bits per heavy atom. The largest absolute Gasteiger partial charge is 0.325 e. The molecule has 0 bridgehead atoms. The zero-order valence-electron chi connectivity index (χ0n) is 17.5. The number of piperazine rings is 1. The number of nitro groups is 1. The summed E-state index contributed by atoms with van der Waals surface area (Å²) in [4.78, 5) is 23.6. The lowest BCUT2D eigenvalue weighted by atomic mass is 10.1. The van der Waals surface area contributed by atoms with E-state index in [9.17, 15) is 27.7 Å². The van der Waals surface area contributed by atoms with Crippen LogP contribution in [0.2, 0.25) is 0 Å². The number of amides is 1. The quantitative estimate of drug-likeness (QED) is 0.415. The number of rotatable bonds is 6. The molecule has 1 aliphatic rings. The number of quaternary nitrogens is 1. The van der Waals surface area contributed by atoms with E-state index in [1.807, 2.05) is 24.3 Å². The fraction of sp³-hybridized carbons (Fsp3) is 0.227. The molecule has 1 amide bonds. The summed E-state index contributed by atoms with van der Waals surface area (Å²) in [6.45, 7) is 1.27. The molecule has 172 valence electrons. The number of nitrogens with one attached hydrogen (secondary N) is 2. The lowest BCUT2D eigenvalue weighted by Gasteiger charge is -2.31. The molecule has 33 heavy (non-hydrogen) atoms. The molecule has 11 heteroatoms. The molecule has 0 atom stereocenters. The number of fused-ring (bicyclic) bond motifs is 1. The van der Waals surface area contributed by atoms with E-state index in [0.29, 0.717) is 13.1 Å². The minimum atomic E-state index is -3.67. The van der Waals surface area contributed by atoms with Gasteiger partial charge in [-0.3, -0.25) is 14.9 Å². The Hall–Kier alpha value is -3.41. The van der Waals surface area contributed by atoms with Gasteiger partial charge in [-0.05, 0) is 29.0 Å². The van der Waals surface area contributed by atoms with Crippen molar-refractivity contribution in [3.63, 3.8) is 0 Å². The van der Waals surface area contributed by atoms with Crippen molar-refractivity contribution in [1.29, 1.82) is 0 Å². The molecular weight excluding hydrogens is 451 g/mol. The summed E-state index contributed by atoms with van der Waals surface area (Å²) in [7, 11) is -3.67. The Balaban J connectivity index is 1.37. The van der Waals surface area contributed by atoms with Gasteiger partial charge in [0.2, 0.25) is 10.0 Å². The lowest BCUT2D eigenvalue weighted by Crippen LogP contribution is -3.15. The minimum Gasteiger partial charge on any atom is -0.325 e. The van der Waals surface area contributed by atoms with Crippen molar-refractivity contribution in [2.75, 3.05) is 38.0 Å². The van der Waals surface area contributed by atoms with Gasteiger partial charge >= 0.3 is 0 Å². The van der Waals surface area contributed by atoms with E-state index in [4.69, 9.17) is 0 Å². The zero-order valence-corrected chi connectivity index (χ0v) is 18.3. The molecule has 1 saturated heterocycles. The average molecular weight is 474 g/mol. The standard InChI is InChI=1S/C22H21FN4O5S/c23-20-8-6-18(27(29)30)14-21(20)24-22(28)15-25-9-11-26(12-10-25)33(31,32)19-7-5-16-3-1-2-4-17(16)13-19/h1-8,13-14H,9-12,15H2,(H,24,28)/p+1. The van der Waals surface area contributed by atoms with E-state index in [1.165, 1.54) is 4.31 Å². The Morgan fingerprint density at radius 3 is 2.45 bits per heavy atom. The monoisotopic (exact) mass is 473 g/mol. The molecule has 9 nitrogen and oxygen atoms in total. The molecule has 0 radical (unpaired) electrons. The van der Waals surface area contributed by atoms with Crippen molar-refractivity contribution in [2.45, 2.75) is 4.90 Å². The van der Waals surface area contributed by atoms with E-state index in [2.05, 4.69) is 5.32 Å². The third-order valence-corrected chi connectivity index (χ3v) is 7.53. The summed E-state index contributed by atoms with van der Waals surface area (Å²) < 4.78 is 41.4. The van der Waals surface area contributed by atoms with E-state index < -0.39 is 26.7 Å². The zero-order chi connectivity index (χ0) is 23.6. The van der Waals surface area contributed by atoms with Crippen LogP contribution < -0.4 is 10.2 Å². The number of carbonyl (C=O) groups excluding carboxylic acids is 1. The van der Waals surface area contributed by atoms with E-state index >= 15 is 0 Å². The number of hydrogen-bond acceptors (Lipinski definition) is 5. The molecule has 0 saturated carbocycles. The summed E-state index contributed by atoms with van der Waals surface area (Å²) in [6, 6.07) is 15.5. The van der Waals surface area contributed by atoms with E-state index in [1.54, 1.807) is 18.2 Å². The fourth-order valence-corrected chi connectivity index (χ4v) is 5.32. The highest BCUT2D eigenvalue weighted by molar-refractivity contribution is 7.89. The van der Waals surface area contributed by atoms with Crippen LogP contribution in [0.15, 0.2) is 65.6 Å². The number of benzene rings is 3. The number of anilines is 1. The Bertz CT molecular complexity index is 1320. The molecule has 0 spiro atoms. The molecule has 0 aliphatic carbocycles. The van der Waals surface area contributed by atoms with Crippen LogP contribution in [0.4, 0.5) is 15.8 Å². The Labute approximate surface area is 189 Å². The molecule has 1 aliphatic heterocycles. The highest BCUT2D eigenvalue weighted by Gasteiger charge is 2.31. The maximum absolute atomic E-state index is 13.9. The van der Waals surface area contributed by atoms with Crippen LogP contribution >= 0.6 is 0 Å². The summed E-state index contributed by atoms with van der Waals surface area (Å²) >= 11 is 0. The third kappa shape index (κ3) is 5.00. The van der Waals surface area contributed by atoms with Crippen molar-refractivity contribution in [3.8, 4) is 0 Å². The number of nitrogens with zero attached hydrogens (tertiary/aromatic N) is 2. The number of hydrogen-bond donors (Lipinski definition) is 2. The van der Waals surface area contributed by atoms with Crippen LogP contribution in [0.3, 0.4) is 0 Å². The predicted octanol–water partition coefficient (Wildman–Crippen LogP) is 1.42. The van der Waals surface area contributed by atoms with Gasteiger partial charge in [0.1, 0.15) is 5.82 Å². The minimum absolute atomic E-state index is 0.00794. The van der Waals surface area contributed by atoms with Crippen LogP contribution in [0.5, 0.6) is 0 Å². The third-order valence-electron chi connectivity index (χ3n) is 5.63. The van der Waals surface area contributed by atoms with Crippen LogP contribution in [-0.2, 0) is 14.8 Å². The number of non-ortho nitro benzene ring substituents is 1. The number of carbonyl (C=O) groups is 1. The predicted molar refractivity (Wildman–Crippen MR) is 120 cm³/mol. The van der Waals surface area contributed by atoms with Gasteiger partial charge in [0.15, 0.2) is 6.54 Å². The average Bonchev–Trinajstić information content (AvgIpc) is 2.80. The van der Waals surface area contributed by atoms with Gasteiger partial charge < -0.3 is 10.2 Å². The highest BCUT2D eigenvalue weighted by Crippen LogP contribution is 2.22. The Morgan fingerprint density at radius 2 is 1.76 bits per heavy atom. The van der Waals surface area contributed by atoms with Gasteiger partial charge in [0.05, 0.1) is 41.7 Å². The van der Waals surface area contributed by atoms with Crippen molar-refractivity contribution in [3.05, 3.63) is 76.6 Å². The first-order chi connectivity index (χ1) is 15.7. The number of nitro benzene ring substituents is 1. The second kappa shape index (κ2) is 9.22. The molecule has 2 N–H and O–H groups in total. The topological polar surface area (TPSA) is 114 Å². The van der Waals surface area contributed by atoms with E-state index in [-0.39, 0.29) is 35.9 Å². The maximum Gasteiger partial charge on any atom is 0.279 e. The normalized spacial score (nSPS) is 15.4. The smallest absolute Gasteiger partial charge is 0.279 e. The van der Waals surface area contributed by atoms with Crippen LogP contribution in [0.25, 0.3) is 10.8 Å². The van der Waals surface area contributed by atoms with Gasteiger partial charge in [0.25, 0.3) is 11.6 Å². The SMILES string of the molecule is O=C(C[NH+]1CCN(S(=O)(=O)c2ccc3ccccc3c2)CC1)Nc1cc([N+](=O)[O-])ccc1F. The van der Waals surface area contributed by atoms with Gasteiger partial charge in [-0.1, -0.05) is 30.3 Å². The second-order valence-corrected chi connectivity index (χ2v) is 9.75. The summed E-state index contributed by atoms with van der Waals surface area (Å²) in [6.07, 6.45) is 0. The van der Waals surface area contributed by atoms with Gasteiger partial charge in [-0.15, -0.1) is 0 Å².